The minimum Gasteiger partial charge on any atom is -0.365 e. The van der Waals surface area contributed by atoms with Gasteiger partial charge in [-0.1, -0.05) is 36.4 Å². The van der Waals surface area contributed by atoms with Gasteiger partial charge < -0.3 is 15.1 Å². The van der Waals surface area contributed by atoms with Gasteiger partial charge in [0.2, 0.25) is 11.8 Å². The molecule has 2 amide bonds. The van der Waals surface area contributed by atoms with Crippen LogP contribution >= 0.6 is 0 Å². The lowest BCUT2D eigenvalue weighted by Gasteiger charge is -2.36. The molecule has 0 radical (unpaired) electrons. The molecule has 0 unspecified atom stereocenters. The molecule has 3 saturated heterocycles. The molecule has 3 fully saturated rings. The number of halogens is 1. The maximum atomic E-state index is 13.7. The first-order chi connectivity index (χ1) is 19.5. The summed E-state index contributed by atoms with van der Waals surface area (Å²) in [6, 6.07) is 22.8. The van der Waals surface area contributed by atoms with Crippen molar-refractivity contribution in [2.24, 2.45) is 5.92 Å². The van der Waals surface area contributed by atoms with Crippen LogP contribution in [0.1, 0.15) is 12.8 Å². The Morgan fingerprint density at radius 3 is 2.65 bits per heavy atom. The third-order valence-corrected chi connectivity index (χ3v) is 8.58. The number of H-pyrrole nitrogens is 1. The lowest BCUT2D eigenvalue weighted by molar-refractivity contribution is -0.133. The van der Waals surface area contributed by atoms with Crippen molar-refractivity contribution in [2.75, 3.05) is 42.9 Å². The van der Waals surface area contributed by atoms with Crippen LogP contribution in [0.3, 0.4) is 0 Å². The van der Waals surface area contributed by atoms with Crippen LogP contribution in [0.5, 0.6) is 0 Å². The van der Waals surface area contributed by atoms with E-state index in [4.69, 9.17) is 0 Å². The summed E-state index contributed by atoms with van der Waals surface area (Å²) in [6.07, 6.45) is 1.64. The Morgan fingerprint density at radius 1 is 0.975 bits per heavy atom. The topological polar surface area (TPSA) is 84.6 Å². The number of piperazine rings is 1. The first kappa shape index (κ1) is 24.8. The number of carbonyl (C=O) groups excluding carboxylic acids is 2. The molecule has 3 aliphatic rings. The van der Waals surface area contributed by atoms with E-state index in [-0.39, 0.29) is 35.6 Å². The highest BCUT2D eigenvalue weighted by atomic mass is 19.1. The second-order valence-electron chi connectivity index (χ2n) is 11.1. The van der Waals surface area contributed by atoms with Crippen LogP contribution in [0.25, 0.3) is 22.2 Å². The average molecular weight is 539 g/mol. The molecule has 40 heavy (non-hydrogen) atoms. The van der Waals surface area contributed by atoms with E-state index in [1.165, 1.54) is 6.07 Å². The summed E-state index contributed by atoms with van der Waals surface area (Å²) in [6.45, 7) is 3.02. The summed E-state index contributed by atoms with van der Waals surface area (Å²) in [7, 11) is 0. The van der Waals surface area contributed by atoms with Gasteiger partial charge in [-0.15, -0.1) is 0 Å². The van der Waals surface area contributed by atoms with E-state index in [0.717, 1.165) is 59.5 Å². The highest BCUT2D eigenvalue weighted by Gasteiger charge is 2.45. The lowest BCUT2D eigenvalue weighted by Crippen LogP contribution is -2.51. The Bertz CT molecular complexity index is 1570. The lowest BCUT2D eigenvalue weighted by atomic mass is 10.1. The highest BCUT2D eigenvalue weighted by Crippen LogP contribution is 2.35. The zero-order valence-corrected chi connectivity index (χ0v) is 22.1. The molecule has 2 N–H and O–H groups in total. The van der Waals surface area contributed by atoms with Crippen LogP contribution in [0.2, 0.25) is 0 Å². The molecule has 4 heterocycles. The molecule has 0 spiro atoms. The van der Waals surface area contributed by atoms with Crippen LogP contribution in [0.4, 0.5) is 15.8 Å². The Kier molecular flexibility index (Phi) is 6.23. The van der Waals surface area contributed by atoms with Gasteiger partial charge in [-0.05, 0) is 55.8 Å². The van der Waals surface area contributed by atoms with E-state index in [1.807, 2.05) is 59.5 Å². The van der Waals surface area contributed by atoms with E-state index in [1.54, 1.807) is 12.1 Å². The fourth-order valence-corrected chi connectivity index (χ4v) is 6.57. The van der Waals surface area contributed by atoms with Gasteiger partial charge in [0, 0.05) is 48.0 Å². The standard InChI is InChI=1S/C31H31FN6O2/c32-22-7-4-8-24(13-22)37-17-26-15-25(37)18-38(26)29(39)19-36-12-11-21(16-36)31(40)33-23-9-10-28-27(14-23)30(35-34-28)20-5-2-1-3-6-20/h1-10,13-14,21,25-26H,11-12,15-19H2,(H,33,40)(H,34,35)/t21-,25+,26+/m1/s1. The van der Waals surface area contributed by atoms with E-state index < -0.39 is 0 Å². The summed E-state index contributed by atoms with van der Waals surface area (Å²) in [5, 5.41) is 11.6. The van der Waals surface area contributed by atoms with Crippen LogP contribution in [0, 0.1) is 11.7 Å². The Hall–Kier alpha value is -4.24. The Balaban J connectivity index is 0.945. The molecule has 204 valence electrons. The van der Waals surface area contributed by atoms with Crippen molar-refractivity contribution in [3.8, 4) is 11.3 Å². The van der Waals surface area contributed by atoms with Crippen molar-refractivity contribution in [1.82, 2.24) is 20.0 Å². The smallest absolute Gasteiger partial charge is 0.237 e. The SMILES string of the molecule is O=C(Nc1ccc2[nH]nc(-c3ccccc3)c2c1)[C@@H]1CCN(CC(=O)N2C[C@@H]3C[C@H]2CN3c2cccc(F)c2)C1. The number of hydrogen-bond acceptors (Lipinski definition) is 5. The summed E-state index contributed by atoms with van der Waals surface area (Å²) in [5.41, 5.74) is 4.41. The molecule has 1 aromatic heterocycles. The highest BCUT2D eigenvalue weighted by molar-refractivity contribution is 5.99. The van der Waals surface area contributed by atoms with Crippen molar-refractivity contribution < 1.29 is 14.0 Å². The number of hydrogen-bond donors (Lipinski definition) is 2. The number of nitrogens with zero attached hydrogens (tertiary/aromatic N) is 4. The predicted octanol–water partition coefficient (Wildman–Crippen LogP) is 4.12. The molecule has 3 atom stereocenters. The number of anilines is 2. The molecule has 9 heteroatoms. The first-order valence-corrected chi connectivity index (χ1v) is 13.9. The summed E-state index contributed by atoms with van der Waals surface area (Å²) < 4.78 is 13.7. The summed E-state index contributed by atoms with van der Waals surface area (Å²) in [5.74, 6) is -0.309. The molecule has 0 aliphatic carbocycles. The normalized spacial score (nSPS) is 22.4. The largest absolute Gasteiger partial charge is 0.365 e. The Morgan fingerprint density at radius 2 is 1.85 bits per heavy atom. The molecule has 2 bridgehead atoms. The number of aromatic nitrogens is 2. The van der Waals surface area contributed by atoms with Crippen molar-refractivity contribution in [3.05, 3.63) is 78.6 Å². The monoisotopic (exact) mass is 538 g/mol. The fraction of sp³-hybridized carbons (Fsp3) is 0.323. The van der Waals surface area contributed by atoms with Gasteiger partial charge in [-0.2, -0.15) is 5.10 Å². The van der Waals surface area contributed by atoms with E-state index in [9.17, 15) is 14.0 Å². The molecule has 3 aromatic carbocycles. The molecule has 8 nitrogen and oxygen atoms in total. The third kappa shape index (κ3) is 4.60. The van der Waals surface area contributed by atoms with Gasteiger partial charge >= 0.3 is 0 Å². The van der Waals surface area contributed by atoms with Gasteiger partial charge in [0.05, 0.1) is 29.7 Å². The van der Waals surface area contributed by atoms with Crippen LogP contribution in [0.15, 0.2) is 72.8 Å². The maximum Gasteiger partial charge on any atom is 0.237 e. The number of carbonyl (C=O) groups is 2. The van der Waals surface area contributed by atoms with E-state index in [0.29, 0.717) is 19.6 Å². The van der Waals surface area contributed by atoms with Crippen molar-refractivity contribution in [3.63, 3.8) is 0 Å². The number of nitrogens with one attached hydrogen (secondary N) is 2. The minimum absolute atomic E-state index is 0.0231. The second-order valence-corrected chi connectivity index (χ2v) is 11.1. The van der Waals surface area contributed by atoms with Crippen molar-refractivity contribution in [1.29, 1.82) is 0 Å². The third-order valence-electron chi connectivity index (χ3n) is 8.58. The molecular weight excluding hydrogens is 507 g/mol. The fourth-order valence-electron chi connectivity index (χ4n) is 6.57. The van der Waals surface area contributed by atoms with Crippen LogP contribution < -0.4 is 10.2 Å². The zero-order chi connectivity index (χ0) is 27.2. The molecular formula is C31H31FN6O2. The second kappa shape index (κ2) is 10.1. The number of aromatic amines is 1. The van der Waals surface area contributed by atoms with Gasteiger partial charge in [-0.3, -0.25) is 19.6 Å². The summed E-state index contributed by atoms with van der Waals surface area (Å²) in [4.78, 5) is 32.6. The van der Waals surface area contributed by atoms with Gasteiger partial charge in [0.1, 0.15) is 5.82 Å². The minimum atomic E-state index is -0.236. The quantitative estimate of drug-likeness (QED) is 0.386. The Labute approximate surface area is 231 Å². The zero-order valence-electron chi connectivity index (χ0n) is 22.1. The maximum absolute atomic E-state index is 13.7. The molecule has 3 aliphatic heterocycles. The van der Waals surface area contributed by atoms with Gasteiger partial charge in [-0.25, -0.2) is 4.39 Å². The van der Waals surface area contributed by atoms with E-state index in [2.05, 4.69) is 25.3 Å². The van der Waals surface area contributed by atoms with Crippen LogP contribution in [-0.4, -0.2) is 76.6 Å². The number of rotatable bonds is 6. The number of likely N-dealkylation sites (tertiary alicyclic amines) is 2. The van der Waals surface area contributed by atoms with E-state index >= 15 is 0 Å². The molecule has 4 aromatic rings. The first-order valence-electron chi connectivity index (χ1n) is 13.9. The van der Waals surface area contributed by atoms with Crippen LogP contribution in [-0.2, 0) is 9.59 Å². The number of benzene rings is 3. The van der Waals surface area contributed by atoms with Crippen molar-refractivity contribution >= 4 is 34.1 Å². The predicted molar refractivity (Wildman–Crippen MR) is 152 cm³/mol. The molecule has 7 rings (SSSR count). The van der Waals surface area contributed by atoms with Gasteiger partial charge in [0.25, 0.3) is 0 Å². The number of fused-ring (bicyclic) bond motifs is 3. The van der Waals surface area contributed by atoms with Crippen molar-refractivity contribution in [2.45, 2.75) is 24.9 Å². The molecule has 0 saturated carbocycles. The summed E-state index contributed by atoms with van der Waals surface area (Å²) >= 11 is 0. The van der Waals surface area contributed by atoms with Gasteiger partial charge in [0.15, 0.2) is 0 Å². The number of amides is 2. The average Bonchev–Trinajstić information content (AvgIpc) is 3.77.